The van der Waals surface area contributed by atoms with E-state index < -0.39 is 0 Å². The molecule has 2 atom stereocenters. The zero-order chi connectivity index (χ0) is 10.7. The maximum Gasteiger partial charge on any atom is 0.137 e. The average molecular weight is 210 g/mol. The Morgan fingerprint density at radius 1 is 1.67 bits per heavy atom. The summed E-state index contributed by atoms with van der Waals surface area (Å²) in [6, 6.07) is 0.374. The topological polar surface area (TPSA) is 63.0 Å². The van der Waals surface area contributed by atoms with E-state index in [0.29, 0.717) is 6.04 Å². The van der Waals surface area contributed by atoms with Crippen LogP contribution in [-0.4, -0.2) is 38.6 Å². The van der Waals surface area contributed by atoms with E-state index in [1.165, 1.54) is 0 Å². The first-order valence-electron chi connectivity index (χ1n) is 5.50. The second-order valence-electron chi connectivity index (χ2n) is 4.24. The maximum absolute atomic E-state index is 9.46. The normalized spacial score (nSPS) is 30.9. The van der Waals surface area contributed by atoms with Crippen LogP contribution in [0.4, 0.5) is 0 Å². The van der Waals surface area contributed by atoms with Crippen LogP contribution in [0.25, 0.3) is 0 Å². The van der Waals surface area contributed by atoms with E-state index in [2.05, 4.69) is 22.3 Å². The maximum atomic E-state index is 9.46. The van der Waals surface area contributed by atoms with Crippen molar-refractivity contribution >= 4 is 0 Å². The molecule has 15 heavy (non-hydrogen) atoms. The number of hydrogen-bond donors (Lipinski definition) is 2. The number of aliphatic hydroxyl groups is 1. The summed E-state index contributed by atoms with van der Waals surface area (Å²) in [5.41, 5.74) is -0.106. The molecule has 0 amide bonds. The van der Waals surface area contributed by atoms with E-state index in [9.17, 15) is 5.11 Å². The van der Waals surface area contributed by atoms with Gasteiger partial charge in [0.2, 0.25) is 0 Å². The molecule has 5 nitrogen and oxygen atoms in total. The minimum absolute atomic E-state index is 0.106. The highest BCUT2D eigenvalue weighted by Gasteiger charge is 2.38. The summed E-state index contributed by atoms with van der Waals surface area (Å²) in [5.74, 6) is 0. The Bertz CT molecular complexity index is 300. The second kappa shape index (κ2) is 4.28. The summed E-state index contributed by atoms with van der Waals surface area (Å²) < 4.78 is 1.90. The number of aromatic nitrogens is 3. The van der Waals surface area contributed by atoms with Crippen LogP contribution < -0.4 is 5.32 Å². The molecule has 0 radical (unpaired) electrons. The van der Waals surface area contributed by atoms with Gasteiger partial charge in [-0.05, 0) is 25.8 Å². The molecule has 5 heteroatoms. The zero-order valence-corrected chi connectivity index (χ0v) is 9.06. The van der Waals surface area contributed by atoms with Gasteiger partial charge in [0.05, 0.1) is 12.6 Å². The lowest BCUT2D eigenvalue weighted by molar-refractivity contribution is 0.162. The predicted molar refractivity (Wildman–Crippen MR) is 56.4 cm³/mol. The van der Waals surface area contributed by atoms with Crippen LogP contribution in [0.3, 0.4) is 0 Å². The highest BCUT2D eigenvalue weighted by atomic mass is 16.3. The molecule has 1 saturated carbocycles. The Hall–Kier alpha value is -0.940. The molecule has 1 fully saturated rings. The van der Waals surface area contributed by atoms with E-state index in [0.717, 1.165) is 25.8 Å². The molecular weight excluding hydrogens is 192 g/mol. The van der Waals surface area contributed by atoms with E-state index in [4.69, 9.17) is 0 Å². The van der Waals surface area contributed by atoms with Crippen molar-refractivity contribution in [3.8, 4) is 0 Å². The Kier molecular flexibility index (Phi) is 3.02. The molecule has 1 aromatic heterocycles. The SMILES string of the molecule is CCNC1(CO)CCC(n2cncn2)C1. The molecule has 84 valence electrons. The molecule has 1 aromatic rings. The minimum Gasteiger partial charge on any atom is -0.394 e. The number of hydrogen-bond acceptors (Lipinski definition) is 4. The highest BCUT2D eigenvalue weighted by molar-refractivity contribution is 4.97. The van der Waals surface area contributed by atoms with Crippen molar-refractivity contribution < 1.29 is 5.11 Å². The average Bonchev–Trinajstić information content (AvgIpc) is 2.86. The van der Waals surface area contributed by atoms with E-state index in [1.54, 1.807) is 12.7 Å². The summed E-state index contributed by atoms with van der Waals surface area (Å²) >= 11 is 0. The number of likely N-dealkylation sites (N-methyl/N-ethyl adjacent to an activating group) is 1. The first-order chi connectivity index (χ1) is 7.29. The lowest BCUT2D eigenvalue weighted by atomic mass is 9.98. The Labute approximate surface area is 89.5 Å². The van der Waals surface area contributed by atoms with Gasteiger partial charge < -0.3 is 10.4 Å². The lowest BCUT2D eigenvalue weighted by Crippen LogP contribution is -2.46. The summed E-state index contributed by atoms with van der Waals surface area (Å²) in [6.07, 6.45) is 6.30. The molecule has 1 heterocycles. The van der Waals surface area contributed by atoms with Gasteiger partial charge in [0.1, 0.15) is 12.7 Å². The van der Waals surface area contributed by atoms with Crippen molar-refractivity contribution in [2.75, 3.05) is 13.2 Å². The molecule has 0 aromatic carbocycles. The number of rotatable bonds is 4. The summed E-state index contributed by atoms with van der Waals surface area (Å²) in [6.45, 7) is 3.16. The van der Waals surface area contributed by atoms with Gasteiger partial charge in [-0.25, -0.2) is 9.67 Å². The largest absolute Gasteiger partial charge is 0.394 e. The van der Waals surface area contributed by atoms with Gasteiger partial charge in [-0.1, -0.05) is 6.92 Å². The van der Waals surface area contributed by atoms with Gasteiger partial charge in [0, 0.05) is 5.54 Å². The fraction of sp³-hybridized carbons (Fsp3) is 0.800. The van der Waals surface area contributed by atoms with Crippen LogP contribution in [0.2, 0.25) is 0 Å². The van der Waals surface area contributed by atoms with Crippen LogP contribution in [0.1, 0.15) is 32.2 Å². The molecule has 0 bridgehead atoms. The molecule has 2 N–H and O–H groups in total. The third-order valence-corrected chi connectivity index (χ3v) is 3.25. The second-order valence-corrected chi connectivity index (χ2v) is 4.24. The number of nitrogens with one attached hydrogen (secondary N) is 1. The van der Waals surface area contributed by atoms with E-state index in [1.807, 2.05) is 4.68 Å². The molecule has 0 spiro atoms. The first-order valence-corrected chi connectivity index (χ1v) is 5.50. The number of nitrogens with zero attached hydrogens (tertiary/aromatic N) is 3. The zero-order valence-electron chi connectivity index (χ0n) is 9.06. The van der Waals surface area contributed by atoms with Crippen LogP contribution in [0.15, 0.2) is 12.7 Å². The van der Waals surface area contributed by atoms with Crippen molar-refractivity contribution in [1.29, 1.82) is 0 Å². The summed E-state index contributed by atoms with van der Waals surface area (Å²) in [5, 5.41) is 17.0. The van der Waals surface area contributed by atoms with Gasteiger partial charge in [0.25, 0.3) is 0 Å². The van der Waals surface area contributed by atoms with Crippen molar-refractivity contribution in [1.82, 2.24) is 20.1 Å². The molecular formula is C10H18N4O. The Balaban J connectivity index is 2.04. The van der Waals surface area contributed by atoms with Gasteiger partial charge in [0.15, 0.2) is 0 Å². The fourth-order valence-electron chi connectivity index (χ4n) is 2.46. The highest BCUT2D eigenvalue weighted by Crippen LogP contribution is 2.36. The van der Waals surface area contributed by atoms with Crippen molar-refractivity contribution in [3.05, 3.63) is 12.7 Å². The summed E-state index contributed by atoms with van der Waals surface area (Å²) in [4.78, 5) is 3.96. The molecule has 2 rings (SSSR count). The smallest absolute Gasteiger partial charge is 0.137 e. The van der Waals surface area contributed by atoms with E-state index in [-0.39, 0.29) is 12.1 Å². The van der Waals surface area contributed by atoms with E-state index >= 15 is 0 Å². The monoisotopic (exact) mass is 210 g/mol. The van der Waals surface area contributed by atoms with Crippen molar-refractivity contribution in [2.45, 2.75) is 37.8 Å². The predicted octanol–water partition coefficient (Wildman–Crippen LogP) is 0.344. The summed E-state index contributed by atoms with van der Waals surface area (Å²) in [7, 11) is 0. The standard InChI is InChI=1S/C10H18N4O/c1-2-12-10(6-15)4-3-9(5-10)14-8-11-7-13-14/h7-9,12,15H,2-6H2,1H3. The van der Waals surface area contributed by atoms with Crippen LogP contribution >= 0.6 is 0 Å². The van der Waals surface area contributed by atoms with Crippen LogP contribution in [0.5, 0.6) is 0 Å². The van der Waals surface area contributed by atoms with Crippen LogP contribution in [0, 0.1) is 0 Å². The van der Waals surface area contributed by atoms with Crippen LogP contribution in [-0.2, 0) is 0 Å². The third-order valence-electron chi connectivity index (χ3n) is 3.25. The Morgan fingerprint density at radius 3 is 3.13 bits per heavy atom. The lowest BCUT2D eigenvalue weighted by Gasteiger charge is -2.27. The van der Waals surface area contributed by atoms with Crippen molar-refractivity contribution in [3.63, 3.8) is 0 Å². The quantitative estimate of drug-likeness (QED) is 0.752. The van der Waals surface area contributed by atoms with Gasteiger partial charge in [-0.15, -0.1) is 0 Å². The molecule has 0 aliphatic heterocycles. The Morgan fingerprint density at radius 2 is 2.53 bits per heavy atom. The van der Waals surface area contributed by atoms with Crippen molar-refractivity contribution in [2.24, 2.45) is 0 Å². The van der Waals surface area contributed by atoms with Gasteiger partial charge >= 0.3 is 0 Å². The van der Waals surface area contributed by atoms with Gasteiger partial charge in [-0.2, -0.15) is 5.10 Å². The fourth-order valence-corrected chi connectivity index (χ4v) is 2.46. The molecule has 0 saturated heterocycles. The molecule has 1 aliphatic rings. The third kappa shape index (κ3) is 2.03. The minimum atomic E-state index is -0.106. The van der Waals surface area contributed by atoms with Gasteiger partial charge in [-0.3, -0.25) is 0 Å². The molecule has 2 unspecified atom stereocenters. The number of aliphatic hydroxyl groups excluding tert-OH is 1. The first kappa shape index (κ1) is 10.6. The molecule has 1 aliphatic carbocycles.